The molecule has 0 radical (unpaired) electrons. The van der Waals surface area contributed by atoms with Gasteiger partial charge in [0.1, 0.15) is 5.69 Å². The number of aromatic amines is 1. The van der Waals surface area contributed by atoms with E-state index in [2.05, 4.69) is 4.98 Å². The molecule has 0 aromatic carbocycles. The van der Waals surface area contributed by atoms with Crippen LogP contribution in [-0.4, -0.2) is 47.2 Å². The summed E-state index contributed by atoms with van der Waals surface area (Å²) >= 11 is 0. The summed E-state index contributed by atoms with van der Waals surface area (Å²) in [5.74, 6) is -0.759. The second-order valence-electron chi connectivity index (χ2n) is 6.99. The number of rotatable bonds is 7. The summed E-state index contributed by atoms with van der Waals surface area (Å²) < 4.78 is 9.98. The normalized spacial score (nSPS) is 12.1. The molecule has 1 N–H and O–H groups in total. The first-order chi connectivity index (χ1) is 12.7. The molecule has 0 aliphatic rings. The maximum absolute atomic E-state index is 13.2. The first-order valence-electron chi connectivity index (χ1n) is 8.85. The molecule has 2 aromatic rings. The van der Waals surface area contributed by atoms with E-state index in [9.17, 15) is 14.4 Å². The van der Waals surface area contributed by atoms with E-state index < -0.39 is 12.0 Å². The van der Waals surface area contributed by atoms with Crippen LogP contribution in [0.1, 0.15) is 63.4 Å². The van der Waals surface area contributed by atoms with E-state index >= 15 is 0 Å². The van der Waals surface area contributed by atoms with Crippen molar-refractivity contribution in [2.75, 3.05) is 13.7 Å². The molecule has 146 valence electrons. The molecule has 0 spiro atoms. The fourth-order valence-corrected chi connectivity index (χ4v) is 3.13. The first kappa shape index (κ1) is 20.5. The van der Waals surface area contributed by atoms with Crippen molar-refractivity contribution in [3.63, 3.8) is 0 Å². The van der Waals surface area contributed by atoms with Crippen LogP contribution in [0.2, 0.25) is 0 Å². The van der Waals surface area contributed by atoms with Crippen LogP contribution in [0.3, 0.4) is 0 Å². The number of hydrogen-bond acceptors (Lipinski definition) is 5. The number of ketones is 1. The maximum atomic E-state index is 13.2. The molecule has 0 aliphatic carbocycles. The van der Waals surface area contributed by atoms with Crippen LogP contribution in [0.4, 0.5) is 0 Å². The molecule has 0 saturated carbocycles. The lowest BCUT2D eigenvalue weighted by atomic mass is 9.99. The Morgan fingerprint density at radius 3 is 2.41 bits per heavy atom. The van der Waals surface area contributed by atoms with E-state index in [4.69, 9.17) is 9.15 Å². The Morgan fingerprint density at radius 2 is 1.89 bits per heavy atom. The van der Waals surface area contributed by atoms with Gasteiger partial charge in [-0.3, -0.25) is 9.59 Å². The summed E-state index contributed by atoms with van der Waals surface area (Å²) in [5.41, 5.74) is 1.74. The number of methoxy groups -OCH3 is 1. The monoisotopic (exact) mass is 374 g/mol. The van der Waals surface area contributed by atoms with Gasteiger partial charge in [-0.15, -0.1) is 0 Å². The number of aromatic nitrogens is 1. The van der Waals surface area contributed by atoms with Crippen molar-refractivity contribution < 1.29 is 23.5 Å². The molecule has 2 rings (SSSR count). The number of carbonyl (C=O) groups is 3. The van der Waals surface area contributed by atoms with Crippen molar-refractivity contribution in [3.8, 4) is 0 Å². The van der Waals surface area contributed by atoms with Crippen molar-refractivity contribution in [2.24, 2.45) is 5.92 Å². The topological polar surface area (TPSA) is 92.6 Å². The van der Waals surface area contributed by atoms with Crippen LogP contribution in [0.25, 0.3) is 0 Å². The fraction of sp³-hybridized carbons (Fsp3) is 0.450. The maximum Gasteiger partial charge on any atom is 0.354 e. The molecule has 2 aromatic heterocycles. The van der Waals surface area contributed by atoms with E-state index in [1.165, 1.54) is 18.3 Å². The second-order valence-corrected chi connectivity index (χ2v) is 6.99. The van der Waals surface area contributed by atoms with Gasteiger partial charge in [-0.2, -0.15) is 0 Å². The van der Waals surface area contributed by atoms with Gasteiger partial charge in [-0.05, 0) is 44.4 Å². The molecule has 1 atom stereocenters. The average Bonchev–Trinajstić information content (AvgIpc) is 3.25. The number of nitrogens with one attached hydrogen (secondary N) is 1. The van der Waals surface area contributed by atoms with E-state index in [0.29, 0.717) is 23.4 Å². The molecule has 0 unspecified atom stereocenters. The third-order valence-corrected chi connectivity index (χ3v) is 4.48. The number of Topliss-reactive ketones (excluding diaryl/α,β-unsaturated/α-hetero) is 1. The van der Waals surface area contributed by atoms with Crippen molar-refractivity contribution in [1.82, 2.24) is 9.88 Å². The summed E-state index contributed by atoms with van der Waals surface area (Å²) in [6.45, 7) is 9.45. The Morgan fingerprint density at radius 1 is 1.22 bits per heavy atom. The highest BCUT2D eigenvalue weighted by atomic mass is 16.5. The Labute approximate surface area is 158 Å². The number of furan rings is 1. The summed E-state index contributed by atoms with van der Waals surface area (Å²) in [7, 11) is 1.29. The number of ether oxygens (including phenoxy) is 1. The van der Waals surface area contributed by atoms with Gasteiger partial charge >= 0.3 is 5.97 Å². The van der Waals surface area contributed by atoms with Crippen LogP contribution in [0, 0.1) is 19.8 Å². The van der Waals surface area contributed by atoms with Crippen molar-refractivity contribution in [1.29, 1.82) is 0 Å². The number of hydrogen-bond donors (Lipinski definition) is 1. The number of esters is 1. The minimum Gasteiger partial charge on any atom is -0.464 e. The molecule has 0 aliphatic heterocycles. The van der Waals surface area contributed by atoms with E-state index in [0.717, 1.165) is 0 Å². The van der Waals surface area contributed by atoms with Crippen LogP contribution in [-0.2, 0) is 4.74 Å². The van der Waals surface area contributed by atoms with Gasteiger partial charge in [-0.1, -0.05) is 13.8 Å². The van der Waals surface area contributed by atoms with Crippen LogP contribution < -0.4 is 0 Å². The van der Waals surface area contributed by atoms with E-state index in [1.54, 1.807) is 32.9 Å². The van der Waals surface area contributed by atoms with Crippen LogP contribution in [0.5, 0.6) is 0 Å². The summed E-state index contributed by atoms with van der Waals surface area (Å²) in [6, 6.07) is 2.49. The molecule has 7 heteroatoms. The first-order valence-corrected chi connectivity index (χ1v) is 8.85. The largest absolute Gasteiger partial charge is 0.464 e. The van der Waals surface area contributed by atoms with Gasteiger partial charge in [-0.25, -0.2) is 4.79 Å². The highest BCUT2D eigenvalue weighted by Crippen LogP contribution is 2.23. The standard InChI is InChI=1S/C20H26N2O5/c1-11(2)10-22(19(24)15-8-7-9-27-15)14(5)18(23)16-12(3)17(20(25)26-6)21-13(16)4/h7-9,11,14,21H,10H2,1-6H3/t14-/m1/s1. The summed E-state index contributed by atoms with van der Waals surface area (Å²) in [6.07, 6.45) is 1.43. The molecule has 27 heavy (non-hydrogen) atoms. The minimum absolute atomic E-state index is 0.165. The molecular weight excluding hydrogens is 348 g/mol. The molecule has 1 amide bonds. The summed E-state index contributed by atoms with van der Waals surface area (Å²) in [4.78, 5) is 42.4. The minimum atomic E-state index is -0.719. The zero-order chi connectivity index (χ0) is 20.3. The Balaban J connectivity index is 2.39. The quantitative estimate of drug-likeness (QED) is 0.592. The number of H-pyrrole nitrogens is 1. The Hall–Kier alpha value is -2.83. The van der Waals surface area contributed by atoms with Crippen LogP contribution in [0.15, 0.2) is 22.8 Å². The lowest BCUT2D eigenvalue weighted by Gasteiger charge is -2.29. The molecule has 0 fully saturated rings. The number of aryl methyl sites for hydroxylation is 1. The van der Waals surface area contributed by atoms with Crippen molar-refractivity contribution in [2.45, 2.75) is 40.7 Å². The number of amides is 1. The number of carbonyl (C=O) groups excluding carboxylic acids is 3. The zero-order valence-electron chi connectivity index (χ0n) is 16.6. The Bertz CT molecular complexity index is 833. The summed E-state index contributed by atoms with van der Waals surface area (Å²) in [5, 5.41) is 0. The number of nitrogens with zero attached hydrogens (tertiary/aromatic N) is 1. The van der Waals surface area contributed by atoms with Gasteiger partial charge in [0.05, 0.1) is 19.4 Å². The van der Waals surface area contributed by atoms with E-state index in [-0.39, 0.29) is 29.1 Å². The smallest absolute Gasteiger partial charge is 0.354 e. The predicted octanol–water partition coefficient (Wildman–Crippen LogP) is 3.38. The second kappa shape index (κ2) is 8.24. The fourth-order valence-electron chi connectivity index (χ4n) is 3.13. The van der Waals surface area contributed by atoms with Gasteiger partial charge in [0, 0.05) is 17.8 Å². The lowest BCUT2D eigenvalue weighted by Crippen LogP contribution is -2.45. The average molecular weight is 374 g/mol. The Kier molecular flexibility index (Phi) is 6.25. The van der Waals surface area contributed by atoms with Gasteiger partial charge < -0.3 is 19.0 Å². The van der Waals surface area contributed by atoms with Crippen LogP contribution >= 0.6 is 0 Å². The molecule has 0 saturated heterocycles. The molecule has 7 nitrogen and oxygen atoms in total. The molecule has 2 heterocycles. The van der Waals surface area contributed by atoms with Gasteiger partial charge in [0.25, 0.3) is 5.91 Å². The SMILES string of the molecule is COC(=O)c1[nH]c(C)c(C(=O)[C@@H](C)N(CC(C)C)C(=O)c2ccco2)c1C. The van der Waals surface area contributed by atoms with Crippen molar-refractivity contribution in [3.05, 3.63) is 46.7 Å². The third kappa shape index (κ3) is 4.13. The molecule has 0 bridgehead atoms. The van der Waals surface area contributed by atoms with Gasteiger partial charge in [0.15, 0.2) is 11.5 Å². The highest BCUT2D eigenvalue weighted by molar-refractivity contribution is 6.07. The molecular formula is C20H26N2O5. The zero-order valence-corrected chi connectivity index (χ0v) is 16.6. The van der Waals surface area contributed by atoms with Gasteiger partial charge in [0.2, 0.25) is 0 Å². The van der Waals surface area contributed by atoms with E-state index in [1.807, 2.05) is 13.8 Å². The lowest BCUT2D eigenvalue weighted by molar-refractivity contribution is 0.0577. The van der Waals surface area contributed by atoms with Crippen molar-refractivity contribution >= 4 is 17.7 Å². The third-order valence-electron chi connectivity index (χ3n) is 4.48. The highest BCUT2D eigenvalue weighted by Gasteiger charge is 2.32. The predicted molar refractivity (Wildman–Crippen MR) is 100.0 cm³/mol.